The molecule has 2 rings (SSSR count). The van der Waals surface area contributed by atoms with E-state index < -0.39 is 0 Å². The number of rotatable bonds is 6. The van der Waals surface area contributed by atoms with Crippen molar-refractivity contribution < 1.29 is 4.74 Å². The lowest BCUT2D eigenvalue weighted by Crippen LogP contribution is -2.19. The first-order valence-corrected chi connectivity index (χ1v) is 7.51. The molecule has 0 radical (unpaired) electrons. The van der Waals surface area contributed by atoms with Gasteiger partial charge in [0.1, 0.15) is 0 Å². The first kappa shape index (κ1) is 14.8. The molecule has 112 valence electrons. The molecule has 1 aliphatic carbocycles. The zero-order valence-corrected chi connectivity index (χ0v) is 12.6. The number of ether oxygens (including phenoxy) is 1. The van der Waals surface area contributed by atoms with Crippen molar-refractivity contribution in [1.82, 2.24) is 15.0 Å². The minimum absolute atomic E-state index is 0.0494. The van der Waals surface area contributed by atoms with Gasteiger partial charge in [0.15, 0.2) is 0 Å². The second kappa shape index (κ2) is 7.26. The van der Waals surface area contributed by atoms with Crippen molar-refractivity contribution in [3.8, 4) is 6.01 Å². The van der Waals surface area contributed by atoms with E-state index >= 15 is 0 Å². The molecule has 1 aromatic rings. The molecule has 6 nitrogen and oxygen atoms in total. The van der Waals surface area contributed by atoms with E-state index in [9.17, 15) is 0 Å². The molecule has 1 aliphatic rings. The smallest absolute Gasteiger partial charge is 0.323 e. The molecule has 0 aromatic carbocycles. The summed E-state index contributed by atoms with van der Waals surface area (Å²) in [5, 5.41) is 6.26. The van der Waals surface area contributed by atoms with E-state index in [-0.39, 0.29) is 6.10 Å². The lowest BCUT2D eigenvalue weighted by atomic mass is 9.89. The van der Waals surface area contributed by atoms with Crippen molar-refractivity contribution in [3.05, 3.63) is 0 Å². The molecular weight excluding hydrogens is 254 g/mol. The van der Waals surface area contributed by atoms with E-state index in [2.05, 4.69) is 25.6 Å². The van der Waals surface area contributed by atoms with Crippen molar-refractivity contribution in [2.75, 3.05) is 24.2 Å². The quantitative estimate of drug-likeness (QED) is 0.834. The fraction of sp³-hybridized carbons (Fsp3) is 0.786. The summed E-state index contributed by atoms with van der Waals surface area (Å²) in [6.07, 6.45) is 6.70. The fourth-order valence-electron chi connectivity index (χ4n) is 2.44. The average Bonchev–Trinajstić information content (AvgIpc) is 2.45. The van der Waals surface area contributed by atoms with Crippen LogP contribution in [0.2, 0.25) is 0 Å². The molecular formula is C14H25N5O. The fourth-order valence-corrected chi connectivity index (χ4v) is 2.44. The summed E-state index contributed by atoms with van der Waals surface area (Å²) in [4.78, 5) is 12.8. The second-order valence-corrected chi connectivity index (χ2v) is 5.57. The molecule has 0 atom stereocenters. The number of aromatic nitrogens is 3. The second-order valence-electron chi connectivity index (χ2n) is 5.57. The van der Waals surface area contributed by atoms with Crippen LogP contribution >= 0.6 is 0 Å². The summed E-state index contributed by atoms with van der Waals surface area (Å²) in [7, 11) is 1.79. The van der Waals surface area contributed by atoms with E-state index in [0.717, 1.165) is 12.5 Å². The van der Waals surface area contributed by atoms with Crippen molar-refractivity contribution in [3.63, 3.8) is 0 Å². The van der Waals surface area contributed by atoms with E-state index in [0.29, 0.717) is 17.9 Å². The standard InChI is InChI=1S/C14H25N5O/c1-10(2)20-14-18-12(15-3)17-13(19-14)16-9-11-7-5-4-6-8-11/h10-11H,4-9H2,1-3H3,(H2,15,16,17,18,19). The zero-order chi connectivity index (χ0) is 14.4. The lowest BCUT2D eigenvalue weighted by Gasteiger charge is -2.21. The first-order valence-electron chi connectivity index (χ1n) is 7.51. The van der Waals surface area contributed by atoms with Gasteiger partial charge < -0.3 is 15.4 Å². The van der Waals surface area contributed by atoms with Gasteiger partial charge in [-0.1, -0.05) is 19.3 Å². The summed E-state index contributed by atoms with van der Waals surface area (Å²) < 4.78 is 5.55. The first-order chi connectivity index (χ1) is 9.67. The van der Waals surface area contributed by atoms with Gasteiger partial charge in [0.05, 0.1) is 6.10 Å². The molecule has 6 heteroatoms. The van der Waals surface area contributed by atoms with Crippen molar-refractivity contribution in [2.45, 2.75) is 52.1 Å². The van der Waals surface area contributed by atoms with Gasteiger partial charge in [-0.2, -0.15) is 15.0 Å². The van der Waals surface area contributed by atoms with Crippen LogP contribution < -0.4 is 15.4 Å². The third kappa shape index (κ3) is 4.51. The Morgan fingerprint density at radius 1 is 1.10 bits per heavy atom. The van der Waals surface area contributed by atoms with Gasteiger partial charge in [-0.15, -0.1) is 0 Å². The van der Waals surface area contributed by atoms with Gasteiger partial charge in [-0.3, -0.25) is 0 Å². The van der Waals surface area contributed by atoms with Crippen molar-refractivity contribution >= 4 is 11.9 Å². The lowest BCUT2D eigenvalue weighted by molar-refractivity contribution is 0.222. The van der Waals surface area contributed by atoms with Crippen LogP contribution in [0.3, 0.4) is 0 Å². The summed E-state index contributed by atoms with van der Waals surface area (Å²) in [6, 6.07) is 0.366. The largest absolute Gasteiger partial charge is 0.461 e. The number of anilines is 2. The summed E-state index contributed by atoms with van der Waals surface area (Å²) in [6.45, 7) is 4.84. The maximum atomic E-state index is 5.55. The Hall–Kier alpha value is -1.59. The van der Waals surface area contributed by atoms with Crippen molar-refractivity contribution in [1.29, 1.82) is 0 Å². The van der Waals surface area contributed by atoms with Crippen LogP contribution in [0.25, 0.3) is 0 Å². The Bertz CT molecular complexity index is 418. The average molecular weight is 279 g/mol. The molecule has 1 aromatic heterocycles. The van der Waals surface area contributed by atoms with Crippen molar-refractivity contribution in [2.24, 2.45) is 5.92 Å². The van der Waals surface area contributed by atoms with E-state index in [1.807, 2.05) is 13.8 Å². The Morgan fingerprint density at radius 3 is 2.45 bits per heavy atom. The molecule has 0 unspecified atom stereocenters. The Morgan fingerprint density at radius 2 is 1.80 bits per heavy atom. The maximum Gasteiger partial charge on any atom is 0.323 e. The van der Waals surface area contributed by atoms with Crippen LogP contribution in [0.5, 0.6) is 6.01 Å². The minimum Gasteiger partial charge on any atom is -0.461 e. The van der Waals surface area contributed by atoms with Crippen LogP contribution in [-0.2, 0) is 0 Å². The molecule has 0 bridgehead atoms. The summed E-state index contributed by atoms with van der Waals surface area (Å²) in [5.41, 5.74) is 0. The molecule has 0 amide bonds. The molecule has 0 spiro atoms. The predicted octanol–water partition coefficient (Wildman–Crippen LogP) is 2.69. The highest BCUT2D eigenvalue weighted by molar-refractivity contribution is 5.35. The molecule has 1 fully saturated rings. The van der Waals surface area contributed by atoms with Crippen LogP contribution in [0.4, 0.5) is 11.9 Å². The summed E-state index contributed by atoms with van der Waals surface area (Å²) in [5.74, 6) is 1.85. The topological polar surface area (TPSA) is 72.0 Å². The van der Waals surface area contributed by atoms with Gasteiger partial charge in [-0.25, -0.2) is 0 Å². The van der Waals surface area contributed by atoms with Crippen LogP contribution in [-0.4, -0.2) is 34.6 Å². The number of hydrogen-bond acceptors (Lipinski definition) is 6. The molecule has 0 aliphatic heterocycles. The molecule has 0 saturated heterocycles. The van der Waals surface area contributed by atoms with E-state index in [1.165, 1.54) is 32.1 Å². The van der Waals surface area contributed by atoms with Gasteiger partial charge in [-0.05, 0) is 32.6 Å². The van der Waals surface area contributed by atoms with Gasteiger partial charge >= 0.3 is 6.01 Å². The van der Waals surface area contributed by atoms with Gasteiger partial charge in [0.2, 0.25) is 11.9 Å². The zero-order valence-electron chi connectivity index (χ0n) is 12.6. The Kier molecular flexibility index (Phi) is 5.38. The number of nitrogens with zero attached hydrogens (tertiary/aromatic N) is 3. The highest BCUT2D eigenvalue weighted by Crippen LogP contribution is 2.23. The van der Waals surface area contributed by atoms with Gasteiger partial charge in [0.25, 0.3) is 0 Å². The van der Waals surface area contributed by atoms with Crippen LogP contribution in [0, 0.1) is 5.92 Å². The molecule has 1 heterocycles. The highest BCUT2D eigenvalue weighted by atomic mass is 16.5. The number of nitrogens with one attached hydrogen (secondary N) is 2. The normalized spacial score (nSPS) is 16.2. The maximum absolute atomic E-state index is 5.55. The predicted molar refractivity (Wildman–Crippen MR) is 80.2 cm³/mol. The monoisotopic (exact) mass is 279 g/mol. The molecule has 2 N–H and O–H groups in total. The SMILES string of the molecule is CNc1nc(NCC2CCCCC2)nc(OC(C)C)n1. The Labute approximate surface area is 120 Å². The van der Waals surface area contributed by atoms with E-state index in [4.69, 9.17) is 4.74 Å². The highest BCUT2D eigenvalue weighted by Gasteiger charge is 2.14. The third-order valence-electron chi connectivity index (χ3n) is 3.45. The van der Waals surface area contributed by atoms with Crippen LogP contribution in [0.15, 0.2) is 0 Å². The minimum atomic E-state index is 0.0494. The van der Waals surface area contributed by atoms with Crippen LogP contribution in [0.1, 0.15) is 46.0 Å². The Balaban J connectivity index is 1.98. The summed E-state index contributed by atoms with van der Waals surface area (Å²) >= 11 is 0. The third-order valence-corrected chi connectivity index (χ3v) is 3.45. The molecule has 20 heavy (non-hydrogen) atoms. The van der Waals surface area contributed by atoms with E-state index in [1.54, 1.807) is 7.05 Å². The van der Waals surface area contributed by atoms with Gasteiger partial charge in [0, 0.05) is 13.6 Å². The molecule has 1 saturated carbocycles. The number of hydrogen-bond donors (Lipinski definition) is 2.